The molecule has 11 heteroatoms. The molecule has 2 aromatic rings. The average molecular weight is 446 g/mol. The van der Waals surface area contributed by atoms with Crippen LogP contribution >= 0.6 is 23.2 Å². The van der Waals surface area contributed by atoms with E-state index in [0.29, 0.717) is 0 Å². The van der Waals surface area contributed by atoms with Crippen LogP contribution in [0.15, 0.2) is 42.5 Å². The second-order valence-corrected chi connectivity index (χ2v) is 8.55. The van der Waals surface area contributed by atoms with Gasteiger partial charge in [0, 0.05) is 17.8 Å². The molecule has 8 nitrogen and oxygen atoms in total. The molecule has 0 radical (unpaired) electrons. The molecule has 1 unspecified atom stereocenters. The number of benzene rings is 2. The number of nitrogens with zero attached hydrogens (tertiary/aromatic N) is 2. The summed E-state index contributed by atoms with van der Waals surface area (Å²) >= 11 is 11.9. The van der Waals surface area contributed by atoms with Crippen molar-refractivity contribution >= 4 is 56.2 Å². The molecule has 0 bridgehead atoms. The Morgan fingerprint density at radius 1 is 1.21 bits per heavy atom. The summed E-state index contributed by atoms with van der Waals surface area (Å²) in [5.74, 6) is -0.639. The molecule has 0 aliphatic heterocycles. The van der Waals surface area contributed by atoms with Gasteiger partial charge in [-0.2, -0.15) is 0 Å². The van der Waals surface area contributed by atoms with E-state index in [-0.39, 0.29) is 33.5 Å². The number of carbonyl (C=O) groups is 1. The van der Waals surface area contributed by atoms with Gasteiger partial charge in [-0.15, -0.1) is 0 Å². The molecule has 0 saturated carbocycles. The van der Waals surface area contributed by atoms with Crippen molar-refractivity contribution in [2.24, 2.45) is 0 Å². The minimum atomic E-state index is -3.86. The molecule has 0 aliphatic rings. The number of nitro benzene ring substituents is 1. The van der Waals surface area contributed by atoms with Gasteiger partial charge >= 0.3 is 0 Å². The van der Waals surface area contributed by atoms with Crippen molar-refractivity contribution in [3.63, 3.8) is 0 Å². The molecule has 2 aromatic carbocycles. The van der Waals surface area contributed by atoms with Crippen LogP contribution in [0.25, 0.3) is 0 Å². The van der Waals surface area contributed by atoms with E-state index in [1.165, 1.54) is 42.5 Å². The predicted molar refractivity (Wildman–Crippen MR) is 110 cm³/mol. The van der Waals surface area contributed by atoms with Crippen LogP contribution < -0.4 is 9.62 Å². The Bertz CT molecular complexity index is 1010. The smallest absolute Gasteiger partial charge is 0.271 e. The number of rotatable bonds is 7. The van der Waals surface area contributed by atoms with Crippen molar-refractivity contribution in [1.82, 2.24) is 0 Å². The lowest BCUT2D eigenvalue weighted by atomic mass is 10.1. The summed E-state index contributed by atoms with van der Waals surface area (Å²) in [7, 11) is -3.86. The summed E-state index contributed by atoms with van der Waals surface area (Å²) < 4.78 is 25.8. The lowest BCUT2D eigenvalue weighted by molar-refractivity contribution is -0.384. The van der Waals surface area contributed by atoms with Crippen LogP contribution in [0.1, 0.15) is 13.3 Å². The Balaban J connectivity index is 2.40. The zero-order chi connectivity index (χ0) is 21.1. The van der Waals surface area contributed by atoms with Gasteiger partial charge in [0.2, 0.25) is 15.9 Å². The maximum Gasteiger partial charge on any atom is 0.271 e. The monoisotopic (exact) mass is 445 g/mol. The van der Waals surface area contributed by atoms with Crippen molar-refractivity contribution in [2.75, 3.05) is 15.9 Å². The fraction of sp³-hybridized carbons (Fsp3) is 0.235. The van der Waals surface area contributed by atoms with Crippen LogP contribution in [-0.2, 0) is 14.8 Å². The highest BCUT2D eigenvalue weighted by molar-refractivity contribution is 7.92. The van der Waals surface area contributed by atoms with Crippen molar-refractivity contribution in [1.29, 1.82) is 0 Å². The van der Waals surface area contributed by atoms with E-state index >= 15 is 0 Å². The van der Waals surface area contributed by atoms with Gasteiger partial charge in [-0.1, -0.05) is 36.2 Å². The first-order chi connectivity index (χ1) is 13.0. The van der Waals surface area contributed by atoms with Crippen molar-refractivity contribution < 1.29 is 18.1 Å². The summed E-state index contributed by atoms with van der Waals surface area (Å²) in [6.07, 6.45) is 1.12. The number of nitrogens with one attached hydrogen (secondary N) is 1. The summed E-state index contributed by atoms with van der Waals surface area (Å²) in [6.45, 7) is 1.65. The Morgan fingerprint density at radius 2 is 1.89 bits per heavy atom. The number of hydrogen-bond acceptors (Lipinski definition) is 5. The average Bonchev–Trinajstić information content (AvgIpc) is 2.61. The van der Waals surface area contributed by atoms with Gasteiger partial charge in [0.15, 0.2) is 0 Å². The molecule has 150 valence electrons. The first-order valence-corrected chi connectivity index (χ1v) is 10.6. The second kappa shape index (κ2) is 8.76. The minimum absolute atomic E-state index is 0.141. The SMILES string of the molecule is CCC(C(=O)Nc1cccc([N+](=O)[O-])c1)N(c1ccc(Cl)c(Cl)c1)S(C)(=O)=O. The van der Waals surface area contributed by atoms with Crippen LogP contribution in [0.5, 0.6) is 0 Å². The normalized spacial score (nSPS) is 12.3. The first-order valence-electron chi connectivity index (χ1n) is 8.04. The maximum absolute atomic E-state index is 12.8. The number of anilines is 2. The van der Waals surface area contributed by atoms with E-state index in [9.17, 15) is 23.3 Å². The number of nitro groups is 1. The van der Waals surface area contributed by atoms with Gasteiger partial charge in [0.25, 0.3) is 5.69 Å². The van der Waals surface area contributed by atoms with E-state index in [0.717, 1.165) is 10.6 Å². The Hall–Kier alpha value is -2.36. The Kier molecular flexibility index (Phi) is 6.87. The second-order valence-electron chi connectivity index (χ2n) is 5.88. The molecule has 1 amide bonds. The van der Waals surface area contributed by atoms with E-state index in [1.54, 1.807) is 6.92 Å². The number of sulfonamides is 1. The zero-order valence-corrected chi connectivity index (χ0v) is 17.3. The summed E-state index contributed by atoms with van der Waals surface area (Å²) in [5.41, 5.74) is 0.161. The van der Waals surface area contributed by atoms with E-state index in [4.69, 9.17) is 23.2 Å². The molecule has 28 heavy (non-hydrogen) atoms. The number of non-ortho nitro benzene ring substituents is 1. The topological polar surface area (TPSA) is 110 Å². The lowest BCUT2D eigenvalue weighted by Gasteiger charge is -2.30. The van der Waals surface area contributed by atoms with E-state index in [1.807, 2.05) is 0 Å². The Morgan fingerprint density at radius 3 is 2.43 bits per heavy atom. The minimum Gasteiger partial charge on any atom is -0.324 e. The van der Waals surface area contributed by atoms with Crippen LogP contribution in [0, 0.1) is 10.1 Å². The van der Waals surface area contributed by atoms with Crippen LogP contribution in [0.3, 0.4) is 0 Å². The fourth-order valence-corrected chi connectivity index (χ4v) is 4.10. The van der Waals surface area contributed by atoms with Crippen molar-refractivity contribution in [3.8, 4) is 0 Å². The molecule has 0 aromatic heterocycles. The largest absolute Gasteiger partial charge is 0.324 e. The fourth-order valence-electron chi connectivity index (χ4n) is 2.61. The van der Waals surface area contributed by atoms with Gasteiger partial charge < -0.3 is 5.32 Å². The summed E-state index contributed by atoms with van der Waals surface area (Å²) in [4.78, 5) is 23.1. The van der Waals surface area contributed by atoms with Gasteiger partial charge in [-0.25, -0.2) is 8.42 Å². The molecule has 1 atom stereocenters. The molecular formula is C17H17Cl2N3O5S. The number of carbonyl (C=O) groups excluding carboxylic acids is 1. The number of amides is 1. The zero-order valence-electron chi connectivity index (χ0n) is 14.9. The maximum atomic E-state index is 12.8. The molecule has 0 fully saturated rings. The Labute approximate surface area is 172 Å². The lowest BCUT2D eigenvalue weighted by Crippen LogP contribution is -2.47. The number of hydrogen-bond donors (Lipinski definition) is 1. The molecule has 0 heterocycles. The first kappa shape index (κ1) is 21.9. The molecule has 0 aliphatic carbocycles. The highest BCUT2D eigenvalue weighted by Crippen LogP contribution is 2.30. The quantitative estimate of drug-likeness (QED) is 0.509. The van der Waals surface area contributed by atoms with Crippen molar-refractivity contribution in [3.05, 3.63) is 62.6 Å². The molecule has 2 rings (SSSR count). The summed E-state index contributed by atoms with van der Waals surface area (Å²) in [5, 5.41) is 13.8. The molecule has 0 saturated heterocycles. The van der Waals surface area contributed by atoms with Gasteiger partial charge in [0.1, 0.15) is 6.04 Å². The third-order valence-corrected chi connectivity index (χ3v) is 5.73. The van der Waals surface area contributed by atoms with Gasteiger partial charge in [-0.3, -0.25) is 19.2 Å². The molecule has 0 spiro atoms. The highest BCUT2D eigenvalue weighted by atomic mass is 35.5. The van der Waals surface area contributed by atoms with Crippen molar-refractivity contribution in [2.45, 2.75) is 19.4 Å². The van der Waals surface area contributed by atoms with Crippen LogP contribution in [-0.4, -0.2) is 31.5 Å². The van der Waals surface area contributed by atoms with Gasteiger partial charge in [-0.05, 0) is 30.7 Å². The molecular weight excluding hydrogens is 429 g/mol. The summed E-state index contributed by atoms with van der Waals surface area (Å²) in [6, 6.07) is 8.49. The van der Waals surface area contributed by atoms with E-state index < -0.39 is 26.9 Å². The van der Waals surface area contributed by atoms with Crippen LogP contribution in [0.4, 0.5) is 17.1 Å². The predicted octanol–water partition coefficient (Wildman–Crippen LogP) is 4.08. The van der Waals surface area contributed by atoms with Crippen LogP contribution in [0.2, 0.25) is 10.0 Å². The number of halogens is 2. The van der Waals surface area contributed by atoms with Gasteiger partial charge in [0.05, 0.1) is 26.9 Å². The highest BCUT2D eigenvalue weighted by Gasteiger charge is 2.32. The third-order valence-electron chi connectivity index (χ3n) is 3.81. The molecule has 1 N–H and O–H groups in total. The standard InChI is InChI=1S/C17H17Cl2N3O5S/c1-3-16(17(23)20-11-5-4-6-13(9-11)22(24)25)21(28(2,26)27)12-7-8-14(18)15(19)10-12/h4-10,16H,3H2,1-2H3,(H,20,23). The van der Waals surface area contributed by atoms with E-state index in [2.05, 4.69) is 5.32 Å². The third kappa shape index (κ3) is 5.12.